The van der Waals surface area contributed by atoms with Crippen LogP contribution in [0.1, 0.15) is 5.56 Å². The summed E-state index contributed by atoms with van der Waals surface area (Å²) in [5.41, 5.74) is 6.81. The van der Waals surface area contributed by atoms with E-state index in [1.165, 1.54) is 4.90 Å². The highest BCUT2D eigenvalue weighted by Gasteiger charge is 2.03. The lowest BCUT2D eigenvalue weighted by molar-refractivity contribution is 0.218. The van der Waals surface area contributed by atoms with Crippen molar-refractivity contribution in [1.29, 1.82) is 0 Å². The molecular formula is C11H17NO2S. The first-order valence-corrected chi connectivity index (χ1v) is 5.79. The maximum atomic E-state index is 5.66. The lowest BCUT2D eigenvalue weighted by atomic mass is 10.2. The molecule has 0 saturated carbocycles. The molecule has 0 radical (unpaired) electrons. The minimum Gasteiger partial charge on any atom is -0.497 e. The minimum absolute atomic E-state index is 0.555. The Morgan fingerprint density at radius 2 is 2.13 bits per heavy atom. The van der Waals surface area contributed by atoms with Gasteiger partial charge in [-0.25, -0.2) is 0 Å². The zero-order valence-electron chi connectivity index (χ0n) is 9.16. The van der Waals surface area contributed by atoms with Crippen molar-refractivity contribution in [3.8, 4) is 5.75 Å². The van der Waals surface area contributed by atoms with Crippen LogP contribution in [-0.2, 0) is 11.3 Å². The van der Waals surface area contributed by atoms with Crippen LogP contribution in [-0.4, -0.2) is 26.6 Å². The number of benzene rings is 1. The van der Waals surface area contributed by atoms with E-state index in [0.717, 1.165) is 23.7 Å². The van der Waals surface area contributed by atoms with Crippen LogP contribution >= 0.6 is 11.8 Å². The lowest BCUT2D eigenvalue weighted by Crippen LogP contribution is -2.00. The molecular weight excluding hydrogens is 210 g/mol. The molecule has 1 rings (SSSR count). The fraction of sp³-hybridized carbons (Fsp3) is 0.455. The largest absolute Gasteiger partial charge is 0.497 e. The Balaban J connectivity index is 2.72. The van der Waals surface area contributed by atoms with E-state index in [-0.39, 0.29) is 0 Å². The van der Waals surface area contributed by atoms with Crippen molar-refractivity contribution in [2.24, 2.45) is 5.73 Å². The van der Waals surface area contributed by atoms with Gasteiger partial charge in [0.15, 0.2) is 0 Å². The van der Waals surface area contributed by atoms with E-state index >= 15 is 0 Å². The van der Waals surface area contributed by atoms with Crippen LogP contribution in [0.2, 0.25) is 0 Å². The molecule has 0 aromatic heterocycles. The molecule has 4 heteroatoms. The molecule has 0 aliphatic rings. The Morgan fingerprint density at radius 3 is 2.73 bits per heavy atom. The maximum absolute atomic E-state index is 5.66. The van der Waals surface area contributed by atoms with E-state index in [1.54, 1.807) is 26.0 Å². The smallest absolute Gasteiger partial charge is 0.119 e. The second-order valence-electron chi connectivity index (χ2n) is 3.02. The van der Waals surface area contributed by atoms with Gasteiger partial charge in [0, 0.05) is 24.3 Å². The zero-order valence-corrected chi connectivity index (χ0v) is 9.97. The molecule has 0 atom stereocenters. The average Bonchev–Trinajstić information content (AvgIpc) is 2.29. The maximum Gasteiger partial charge on any atom is 0.119 e. The van der Waals surface area contributed by atoms with Crippen molar-refractivity contribution in [2.45, 2.75) is 11.4 Å². The number of ether oxygens (including phenoxy) is 2. The van der Waals surface area contributed by atoms with Gasteiger partial charge in [-0.3, -0.25) is 0 Å². The molecule has 0 aliphatic carbocycles. The predicted molar refractivity (Wildman–Crippen MR) is 63.5 cm³/mol. The van der Waals surface area contributed by atoms with E-state index in [9.17, 15) is 0 Å². The summed E-state index contributed by atoms with van der Waals surface area (Å²) in [4.78, 5) is 1.17. The van der Waals surface area contributed by atoms with Gasteiger partial charge in [-0.05, 0) is 17.7 Å². The molecule has 0 heterocycles. The number of hydrogen-bond acceptors (Lipinski definition) is 4. The van der Waals surface area contributed by atoms with E-state index < -0.39 is 0 Å². The monoisotopic (exact) mass is 227 g/mol. The Kier molecular flexibility index (Phi) is 5.53. The number of nitrogens with two attached hydrogens (primary N) is 1. The molecule has 0 spiro atoms. The SMILES string of the molecule is COCCSc1cc(OC)ccc1CN. The molecule has 0 unspecified atom stereocenters. The predicted octanol–water partition coefficient (Wildman–Crippen LogP) is 1.89. The Hall–Kier alpha value is -0.710. The van der Waals surface area contributed by atoms with Gasteiger partial charge in [-0.2, -0.15) is 0 Å². The number of rotatable bonds is 6. The highest BCUT2D eigenvalue weighted by atomic mass is 32.2. The van der Waals surface area contributed by atoms with Crippen LogP contribution in [0.3, 0.4) is 0 Å². The van der Waals surface area contributed by atoms with Gasteiger partial charge in [-0.1, -0.05) is 6.07 Å². The number of hydrogen-bond donors (Lipinski definition) is 1. The quantitative estimate of drug-likeness (QED) is 0.595. The molecule has 3 nitrogen and oxygen atoms in total. The van der Waals surface area contributed by atoms with Gasteiger partial charge in [0.2, 0.25) is 0 Å². The third kappa shape index (κ3) is 3.74. The summed E-state index contributed by atoms with van der Waals surface area (Å²) < 4.78 is 10.2. The van der Waals surface area contributed by atoms with Crippen molar-refractivity contribution in [3.63, 3.8) is 0 Å². The first-order chi connectivity index (χ1) is 7.31. The highest BCUT2D eigenvalue weighted by molar-refractivity contribution is 7.99. The summed E-state index contributed by atoms with van der Waals surface area (Å²) in [6.07, 6.45) is 0. The summed E-state index contributed by atoms with van der Waals surface area (Å²) in [7, 11) is 3.37. The lowest BCUT2D eigenvalue weighted by Gasteiger charge is -2.09. The van der Waals surface area contributed by atoms with Gasteiger partial charge in [-0.15, -0.1) is 11.8 Å². The Labute approximate surface area is 94.9 Å². The normalized spacial score (nSPS) is 10.3. The molecule has 0 saturated heterocycles. The molecule has 1 aromatic rings. The fourth-order valence-corrected chi connectivity index (χ4v) is 2.21. The molecule has 2 N–H and O–H groups in total. The van der Waals surface area contributed by atoms with Crippen LogP contribution in [0, 0.1) is 0 Å². The average molecular weight is 227 g/mol. The summed E-state index contributed by atoms with van der Waals surface area (Å²) in [6.45, 7) is 1.30. The molecule has 0 fully saturated rings. The van der Waals surface area contributed by atoms with Gasteiger partial charge in [0.05, 0.1) is 13.7 Å². The van der Waals surface area contributed by atoms with Crippen LogP contribution in [0.15, 0.2) is 23.1 Å². The Bertz CT molecular complexity index is 305. The molecule has 84 valence electrons. The molecule has 0 aliphatic heterocycles. The van der Waals surface area contributed by atoms with Crippen LogP contribution in [0.5, 0.6) is 5.75 Å². The van der Waals surface area contributed by atoms with Crippen LogP contribution in [0.4, 0.5) is 0 Å². The van der Waals surface area contributed by atoms with Gasteiger partial charge in [0.25, 0.3) is 0 Å². The highest BCUT2D eigenvalue weighted by Crippen LogP contribution is 2.26. The van der Waals surface area contributed by atoms with Crippen molar-refractivity contribution in [3.05, 3.63) is 23.8 Å². The van der Waals surface area contributed by atoms with Crippen LogP contribution < -0.4 is 10.5 Å². The Morgan fingerprint density at radius 1 is 1.33 bits per heavy atom. The van der Waals surface area contributed by atoms with Gasteiger partial charge in [0.1, 0.15) is 5.75 Å². The molecule has 0 amide bonds. The third-order valence-corrected chi connectivity index (χ3v) is 3.10. The van der Waals surface area contributed by atoms with Crippen molar-refractivity contribution in [2.75, 3.05) is 26.6 Å². The second kappa shape index (κ2) is 6.71. The number of methoxy groups -OCH3 is 2. The first kappa shape index (κ1) is 12.4. The summed E-state index contributed by atoms with van der Waals surface area (Å²) in [5, 5.41) is 0. The topological polar surface area (TPSA) is 44.5 Å². The van der Waals surface area contributed by atoms with Crippen LogP contribution in [0.25, 0.3) is 0 Å². The third-order valence-electron chi connectivity index (χ3n) is 2.04. The standard InChI is InChI=1S/C11H17NO2S/c1-13-5-6-15-11-7-10(14-2)4-3-9(11)8-12/h3-4,7H,5-6,8,12H2,1-2H3. The van der Waals surface area contributed by atoms with E-state index in [0.29, 0.717) is 6.54 Å². The van der Waals surface area contributed by atoms with Crippen molar-refractivity contribution in [1.82, 2.24) is 0 Å². The molecule has 15 heavy (non-hydrogen) atoms. The molecule has 1 aromatic carbocycles. The van der Waals surface area contributed by atoms with E-state index in [4.69, 9.17) is 15.2 Å². The van der Waals surface area contributed by atoms with E-state index in [2.05, 4.69) is 0 Å². The minimum atomic E-state index is 0.555. The zero-order chi connectivity index (χ0) is 11.1. The fourth-order valence-electron chi connectivity index (χ4n) is 1.20. The molecule has 0 bridgehead atoms. The van der Waals surface area contributed by atoms with Gasteiger partial charge < -0.3 is 15.2 Å². The van der Waals surface area contributed by atoms with Gasteiger partial charge >= 0.3 is 0 Å². The van der Waals surface area contributed by atoms with E-state index in [1.807, 2.05) is 18.2 Å². The summed E-state index contributed by atoms with van der Waals surface area (Å²) in [5.74, 6) is 1.79. The number of thioether (sulfide) groups is 1. The summed E-state index contributed by atoms with van der Waals surface area (Å²) in [6, 6.07) is 5.96. The first-order valence-electron chi connectivity index (χ1n) is 4.80. The van der Waals surface area contributed by atoms with Crippen molar-refractivity contribution >= 4 is 11.8 Å². The summed E-state index contributed by atoms with van der Waals surface area (Å²) >= 11 is 1.74. The van der Waals surface area contributed by atoms with Crippen molar-refractivity contribution < 1.29 is 9.47 Å². The second-order valence-corrected chi connectivity index (χ2v) is 4.16.